The summed E-state index contributed by atoms with van der Waals surface area (Å²) in [6.45, 7) is 6.64. The Morgan fingerprint density at radius 2 is 0.740 bits per heavy atom. The SMILES string of the molecule is CCCCn1c2ccccc2c2cc(/C=C/c3ccc(-c4ccc(/C=C/c5ccc6c(c5)c5ccccc5n6CCCC)cc4)cc3)ccc21. The molecule has 0 bridgehead atoms. The van der Waals surface area contributed by atoms with Crippen LogP contribution >= 0.6 is 0 Å². The molecule has 0 spiro atoms. The highest BCUT2D eigenvalue weighted by atomic mass is 15.0. The van der Waals surface area contributed by atoms with Crippen LogP contribution in [0.2, 0.25) is 0 Å². The molecule has 6 aromatic carbocycles. The van der Waals surface area contributed by atoms with Crippen LogP contribution in [0.4, 0.5) is 0 Å². The number of aromatic nitrogens is 2. The second kappa shape index (κ2) is 14.1. The number of nitrogens with zero attached hydrogens (tertiary/aromatic N) is 2. The van der Waals surface area contributed by atoms with E-state index in [1.807, 2.05) is 0 Å². The molecule has 0 aliphatic rings. The van der Waals surface area contributed by atoms with Gasteiger partial charge < -0.3 is 9.13 Å². The molecule has 2 nitrogen and oxygen atoms in total. The summed E-state index contributed by atoms with van der Waals surface area (Å²) >= 11 is 0. The van der Waals surface area contributed by atoms with E-state index in [0.717, 1.165) is 13.1 Å². The minimum absolute atomic E-state index is 1.06. The molecule has 2 heteroatoms. The Morgan fingerprint density at radius 3 is 1.16 bits per heavy atom. The van der Waals surface area contributed by atoms with Gasteiger partial charge in [0.25, 0.3) is 0 Å². The van der Waals surface area contributed by atoms with Crippen molar-refractivity contribution in [3.63, 3.8) is 0 Å². The van der Waals surface area contributed by atoms with Gasteiger partial charge >= 0.3 is 0 Å². The van der Waals surface area contributed by atoms with Crippen molar-refractivity contribution in [2.45, 2.75) is 52.6 Å². The van der Waals surface area contributed by atoms with Gasteiger partial charge in [0.15, 0.2) is 0 Å². The summed E-state index contributed by atoms with van der Waals surface area (Å²) in [6.07, 6.45) is 13.7. The Labute approximate surface area is 295 Å². The average Bonchev–Trinajstić information content (AvgIpc) is 3.66. The highest BCUT2D eigenvalue weighted by Gasteiger charge is 2.11. The van der Waals surface area contributed by atoms with Crippen molar-refractivity contribution in [1.29, 1.82) is 0 Å². The number of para-hydroxylation sites is 2. The summed E-state index contributed by atoms with van der Waals surface area (Å²) in [5.74, 6) is 0. The molecular weight excluding hydrogens is 605 g/mol. The van der Waals surface area contributed by atoms with E-state index >= 15 is 0 Å². The standard InChI is InChI=1S/C48H44N2/c1-3-5-31-49-45-13-9-7-11-41(45)43-33-37(23-29-47(43)49)17-15-35-19-25-39(26-20-35)40-27-21-36(22-28-40)16-18-38-24-30-48-44(34-38)42-12-8-10-14-46(42)50(48)32-6-4-2/h7-30,33-34H,3-6,31-32H2,1-2H3/b17-15+,18-16+. The predicted octanol–water partition coefficient (Wildman–Crippen LogP) is 13.5. The minimum atomic E-state index is 1.06. The summed E-state index contributed by atoms with van der Waals surface area (Å²) in [5, 5.41) is 5.34. The summed E-state index contributed by atoms with van der Waals surface area (Å²) in [7, 11) is 0. The number of hydrogen-bond acceptors (Lipinski definition) is 0. The third-order valence-electron chi connectivity index (χ3n) is 10.2. The van der Waals surface area contributed by atoms with E-state index in [1.165, 1.54) is 103 Å². The Morgan fingerprint density at radius 1 is 0.380 bits per heavy atom. The van der Waals surface area contributed by atoms with Crippen molar-refractivity contribution in [3.8, 4) is 11.1 Å². The molecule has 0 amide bonds. The van der Waals surface area contributed by atoms with Gasteiger partial charge in [-0.05, 0) is 82.6 Å². The highest BCUT2D eigenvalue weighted by molar-refractivity contribution is 6.09. The van der Waals surface area contributed by atoms with Crippen molar-refractivity contribution in [3.05, 3.63) is 156 Å². The van der Waals surface area contributed by atoms with Gasteiger partial charge in [-0.3, -0.25) is 0 Å². The van der Waals surface area contributed by atoms with Crippen molar-refractivity contribution in [1.82, 2.24) is 9.13 Å². The van der Waals surface area contributed by atoms with Crippen LogP contribution in [0, 0.1) is 0 Å². The third-order valence-corrected chi connectivity index (χ3v) is 10.2. The van der Waals surface area contributed by atoms with E-state index in [2.05, 4.69) is 181 Å². The molecular formula is C48H44N2. The largest absolute Gasteiger partial charge is 0.340 e. The van der Waals surface area contributed by atoms with E-state index < -0.39 is 0 Å². The molecule has 0 saturated carbocycles. The van der Waals surface area contributed by atoms with Gasteiger partial charge in [-0.25, -0.2) is 0 Å². The fraction of sp³-hybridized carbons (Fsp3) is 0.167. The zero-order chi connectivity index (χ0) is 33.9. The fourth-order valence-electron chi connectivity index (χ4n) is 7.42. The molecule has 50 heavy (non-hydrogen) atoms. The molecule has 0 saturated heterocycles. The van der Waals surface area contributed by atoms with Crippen LogP contribution in [0.5, 0.6) is 0 Å². The van der Waals surface area contributed by atoms with Crippen LogP contribution in [-0.4, -0.2) is 9.13 Å². The van der Waals surface area contributed by atoms with Crippen LogP contribution in [0.25, 0.3) is 79.0 Å². The summed E-state index contributed by atoms with van der Waals surface area (Å²) in [5.41, 5.74) is 12.6. The Bertz CT molecular complexity index is 2310. The first-order chi connectivity index (χ1) is 24.7. The molecule has 8 rings (SSSR count). The maximum absolute atomic E-state index is 2.48. The van der Waals surface area contributed by atoms with E-state index in [1.54, 1.807) is 0 Å². The zero-order valence-electron chi connectivity index (χ0n) is 29.1. The third kappa shape index (κ3) is 6.18. The highest BCUT2D eigenvalue weighted by Crippen LogP contribution is 2.32. The lowest BCUT2D eigenvalue weighted by molar-refractivity contribution is 0.665. The van der Waals surface area contributed by atoms with Gasteiger partial charge in [0, 0.05) is 56.7 Å². The van der Waals surface area contributed by atoms with Crippen LogP contribution in [-0.2, 0) is 13.1 Å². The molecule has 0 radical (unpaired) electrons. The topological polar surface area (TPSA) is 9.86 Å². The van der Waals surface area contributed by atoms with Gasteiger partial charge in [0.1, 0.15) is 0 Å². The van der Waals surface area contributed by atoms with Gasteiger partial charge in [0.05, 0.1) is 0 Å². The van der Waals surface area contributed by atoms with Gasteiger partial charge in [0.2, 0.25) is 0 Å². The maximum Gasteiger partial charge on any atom is 0.0491 e. The Hall–Kier alpha value is -5.60. The molecule has 0 fully saturated rings. The van der Waals surface area contributed by atoms with E-state index in [9.17, 15) is 0 Å². The first-order valence-electron chi connectivity index (χ1n) is 18.3. The van der Waals surface area contributed by atoms with E-state index in [4.69, 9.17) is 0 Å². The average molecular weight is 649 g/mol. The van der Waals surface area contributed by atoms with Crippen LogP contribution in [0.3, 0.4) is 0 Å². The molecule has 2 aromatic heterocycles. The van der Waals surface area contributed by atoms with Crippen LogP contribution in [0.15, 0.2) is 133 Å². The van der Waals surface area contributed by atoms with E-state index in [0.29, 0.717) is 0 Å². The van der Waals surface area contributed by atoms with E-state index in [-0.39, 0.29) is 0 Å². The quantitative estimate of drug-likeness (QED) is 0.124. The zero-order valence-corrected chi connectivity index (χ0v) is 29.1. The normalized spacial score (nSPS) is 12.1. The van der Waals surface area contributed by atoms with Crippen molar-refractivity contribution in [2.75, 3.05) is 0 Å². The van der Waals surface area contributed by atoms with Gasteiger partial charge in [-0.1, -0.05) is 148 Å². The Balaban J connectivity index is 0.966. The molecule has 8 aromatic rings. The lowest BCUT2D eigenvalue weighted by Gasteiger charge is -2.06. The van der Waals surface area contributed by atoms with Gasteiger partial charge in [-0.2, -0.15) is 0 Å². The first kappa shape index (κ1) is 31.7. The minimum Gasteiger partial charge on any atom is -0.340 e. The van der Waals surface area contributed by atoms with Crippen molar-refractivity contribution < 1.29 is 0 Å². The molecule has 0 aliphatic heterocycles. The molecule has 2 heterocycles. The van der Waals surface area contributed by atoms with Crippen molar-refractivity contribution >= 4 is 67.9 Å². The summed E-state index contributed by atoms with van der Waals surface area (Å²) < 4.78 is 4.97. The van der Waals surface area contributed by atoms with Crippen LogP contribution in [0.1, 0.15) is 61.8 Å². The second-order valence-electron chi connectivity index (χ2n) is 13.5. The molecule has 0 aliphatic carbocycles. The number of fused-ring (bicyclic) bond motifs is 6. The smallest absolute Gasteiger partial charge is 0.0491 e. The summed E-state index contributed by atoms with van der Waals surface area (Å²) in [6, 6.07) is 49.1. The number of hydrogen-bond donors (Lipinski definition) is 0. The van der Waals surface area contributed by atoms with Crippen LogP contribution < -0.4 is 0 Å². The number of rotatable bonds is 11. The number of benzene rings is 6. The lowest BCUT2D eigenvalue weighted by Crippen LogP contribution is -1.96. The fourth-order valence-corrected chi connectivity index (χ4v) is 7.42. The Kier molecular flexibility index (Phi) is 8.92. The lowest BCUT2D eigenvalue weighted by atomic mass is 10.0. The monoisotopic (exact) mass is 648 g/mol. The van der Waals surface area contributed by atoms with Gasteiger partial charge in [-0.15, -0.1) is 0 Å². The number of aryl methyl sites for hydroxylation is 2. The molecule has 0 unspecified atom stereocenters. The summed E-state index contributed by atoms with van der Waals surface area (Å²) in [4.78, 5) is 0. The molecule has 0 atom stereocenters. The second-order valence-corrected chi connectivity index (χ2v) is 13.5. The van der Waals surface area contributed by atoms with Crippen molar-refractivity contribution in [2.24, 2.45) is 0 Å². The first-order valence-corrected chi connectivity index (χ1v) is 18.3. The number of unbranched alkanes of at least 4 members (excludes halogenated alkanes) is 2. The predicted molar refractivity (Wildman–Crippen MR) is 218 cm³/mol. The molecule has 246 valence electrons. The maximum atomic E-state index is 2.48. The molecule has 0 N–H and O–H groups in total.